The first-order chi connectivity index (χ1) is 13.9. The summed E-state index contributed by atoms with van der Waals surface area (Å²) in [7, 11) is 1.57. The van der Waals surface area contributed by atoms with Gasteiger partial charge in [0.05, 0.1) is 20.3 Å². The zero-order valence-corrected chi connectivity index (χ0v) is 17.4. The summed E-state index contributed by atoms with van der Waals surface area (Å²) in [4.78, 5) is 24.2. The number of amides is 2. The minimum absolute atomic E-state index is 0.107. The van der Waals surface area contributed by atoms with Crippen LogP contribution in [0.3, 0.4) is 0 Å². The molecule has 0 aliphatic rings. The quantitative estimate of drug-likeness (QED) is 0.631. The maximum Gasteiger partial charge on any atom is 0.244 e. The number of methoxy groups -OCH3 is 1. The molecule has 0 atom stereocenters. The van der Waals surface area contributed by atoms with Gasteiger partial charge in [0.25, 0.3) is 0 Å². The van der Waals surface area contributed by atoms with E-state index in [1.165, 1.54) is 6.08 Å². The van der Waals surface area contributed by atoms with Crippen molar-refractivity contribution in [1.82, 2.24) is 5.32 Å². The fourth-order valence-electron chi connectivity index (χ4n) is 2.71. The first-order valence-corrected chi connectivity index (χ1v) is 9.57. The SMILES string of the molecule is CCCOc1ccc(/C=C/C(=O)NCC(=O)Nc2c(C)cccc2C)cc1OC. The maximum atomic E-state index is 12.1. The van der Waals surface area contributed by atoms with Gasteiger partial charge in [0.1, 0.15) is 0 Å². The fourth-order valence-corrected chi connectivity index (χ4v) is 2.71. The summed E-state index contributed by atoms with van der Waals surface area (Å²) in [5, 5.41) is 5.42. The summed E-state index contributed by atoms with van der Waals surface area (Å²) in [5.74, 6) is 0.642. The number of carbonyl (C=O) groups is 2. The maximum absolute atomic E-state index is 12.1. The van der Waals surface area contributed by atoms with Crippen LogP contribution in [0.4, 0.5) is 5.69 Å². The lowest BCUT2D eigenvalue weighted by Gasteiger charge is -2.11. The fraction of sp³-hybridized carbons (Fsp3) is 0.304. The lowest BCUT2D eigenvalue weighted by molar-refractivity contribution is -0.121. The van der Waals surface area contributed by atoms with Crippen LogP contribution in [0.5, 0.6) is 11.5 Å². The average molecular weight is 396 g/mol. The molecule has 29 heavy (non-hydrogen) atoms. The van der Waals surface area contributed by atoms with E-state index in [1.54, 1.807) is 19.3 Å². The average Bonchev–Trinajstić information content (AvgIpc) is 2.72. The van der Waals surface area contributed by atoms with Gasteiger partial charge in [0, 0.05) is 11.8 Å². The standard InChI is InChI=1S/C23H28N2O4/c1-5-13-29-19-11-9-18(14-20(19)28-4)10-12-21(26)24-15-22(27)25-23-16(2)7-6-8-17(23)3/h6-12,14H,5,13,15H2,1-4H3,(H,24,26)(H,25,27)/b12-10+. The Morgan fingerprint density at radius 1 is 1.07 bits per heavy atom. The molecule has 0 aromatic heterocycles. The Labute approximate surface area is 171 Å². The Morgan fingerprint density at radius 2 is 1.79 bits per heavy atom. The Balaban J connectivity index is 1.90. The predicted molar refractivity (Wildman–Crippen MR) is 115 cm³/mol. The zero-order valence-electron chi connectivity index (χ0n) is 17.4. The minimum atomic E-state index is -0.355. The molecule has 2 aromatic carbocycles. The van der Waals surface area contributed by atoms with Gasteiger partial charge >= 0.3 is 0 Å². The van der Waals surface area contributed by atoms with E-state index in [4.69, 9.17) is 9.47 Å². The topological polar surface area (TPSA) is 76.7 Å². The summed E-state index contributed by atoms with van der Waals surface area (Å²) in [6.45, 7) is 6.39. The van der Waals surface area contributed by atoms with Gasteiger partial charge < -0.3 is 20.1 Å². The lowest BCUT2D eigenvalue weighted by atomic mass is 10.1. The van der Waals surface area contributed by atoms with Gasteiger partial charge in [0.15, 0.2) is 11.5 Å². The number of nitrogens with one attached hydrogen (secondary N) is 2. The second kappa shape index (κ2) is 10.9. The first kappa shape index (κ1) is 22.0. The van der Waals surface area contributed by atoms with Crippen LogP contribution in [-0.4, -0.2) is 32.1 Å². The Morgan fingerprint density at radius 3 is 2.45 bits per heavy atom. The molecule has 2 aromatic rings. The molecule has 0 fully saturated rings. The molecule has 0 spiro atoms. The van der Waals surface area contributed by atoms with E-state index in [-0.39, 0.29) is 18.4 Å². The van der Waals surface area contributed by atoms with Crippen LogP contribution in [0.15, 0.2) is 42.5 Å². The summed E-state index contributed by atoms with van der Waals surface area (Å²) >= 11 is 0. The Kier molecular flexibility index (Phi) is 8.27. The summed E-state index contributed by atoms with van der Waals surface area (Å²) in [6, 6.07) is 11.2. The van der Waals surface area contributed by atoms with Crippen molar-refractivity contribution < 1.29 is 19.1 Å². The van der Waals surface area contributed by atoms with Crippen molar-refractivity contribution in [3.05, 3.63) is 59.2 Å². The highest BCUT2D eigenvalue weighted by Gasteiger charge is 2.08. The lowest BCUT2D eigenvalue weighted by Crippen LogP contribution is -2.32. The normalized spacial score (nSPS) is 10.6. The van der Waals surface area contributed by atoms with E-state index in [1.807, 2.05) is 51.1 Å². The molecule has 0 unspecified atom stereocenters. The molecule has 0 radical (unpaired) electrons. The predicted octanol–water partition coefficient (Wildman–Crippen LogP) is 3.87. The molecule has 0 bridgehead atoms. The number of benzene rings is 2. The number of anilines is 1. The van der Waals surface area contributed by atoms with E-state index in [0.29, 0.717) is 18.1 Å². The number of ether oxygens (including phenoxy) is 2. The second-order valence-corrected chi connectivity index (χ2v) is 6.62. The molecule has 2 amide bonds. The molecule has 0 aliphatic heterocycles. The van der Waals surface area contributed by atoms with Crippen molar-refractivity contribution in [2.75, 3.05) is 25.6 Å². The molecular formula is C23H28N2O4. The molecular weight excluding hydrogens is 368 g/mol. The number of aryl methyl sites for hydroxylation is 2. The second-order valence-electron chi connectivity index (χ2n) is 6.62. The van der Waals surface area contributed by atoms with Gasteiger partial charge in [-0.15, -0.1) is 0 Å². The van der Waals surface area contributed by atoms with Gasteiger partial charge in [-0.1, -0.05) is 31.2 Å². The third kappa shape index (κ3) is 6.68. The molecule has 0 heterocycles. The van der Waals surface area contributed by atoms with Crippen molar-refractivity contribution in [3.8, 4) is 11.5 Å². The monoisotopic (exact) mass is 396 g/mol. The molecule has 0 saturated heterocycles. The Hall–Kier alpha value is -3.28. The van der Waals surface area contributed by atoms with Crippen molar-refractivity contribution in [2.24, 2.45) is 0 Å². The first-order valence-electron chi connectivity index (χ1n) is 9.57. The van der Waals surface area contributed by atoms with E-state index in [9.17, 15) is 9.59 Å². The Bertz CT molecular complexity index is 870. The smallest absolute Gasteiger partial charge is 0.244 e. The van der Waals surface area contributed by atoms with Crippen LogP contribution in [0.25, 0.3) is 6.08 Å². The van der Waals surface area contributed by atoms with E-state index >= 15 is 0 Å². The third-order valence-corrected chi connectivity index (χ3v) is 4.25. The number of rotatable bonds is 9. The van der Waals surface area contributed by atoms with E-state index in [2.05, 4.69) is 10.6 Å². The molecule has 0 aliphatic carbocycles. The van der Waals surface area contributed by atoms with Crippen molar-refractivity contribution in [3.63, 3.8) is 0 Å². The highest BCUT2D eigenvalue weighted by Crippen LogP contribution is 2.28. The molecule has 2 rings (SSSR count). The molecule has 0 saturated carbocycles. The summed E-state index contributed by atoms with van der Waals surface area (Å²) in [6.07, 6.45) is 3.94. The largest absolute Gasteiger partial charge is 0.493 e. The van der Waals surface area contributed by atoms with Crippen molar-refractivity contribution >= 4 is 23.6 Å². The van der Waals surface area contributed by atoms with Crippen LogP contribution in [-0.2, 0) is 9.59 Å². The molecule has 154 valence electrons. The van der Waals surface area contributed by atoms with Crippen molar-refractivity contribution in [2.45, 2.75) is 27.2 Å². The van der Waals surface area contributed by atoms with Gasteiger partial charge in [-0.3, -0.25) is 9.59 Å². The van der Waals surface area contributed by atoms with Crippen molar-refractivity contribution in [1.29, 1.82) is 0 Å². The summed E-state index contributed by atoms with van der Waals surface area (Å²) < 4.78 is 10.9. The number of para-hydroxylation sites is 1. The van der Waals surface area contributed by atoms with Crippen LogP contribution < -0.4 is 20.1 Å². The third-order valence-electron chi connectivity index (χ3n) is 4.25. The van der Waals surface area contributed by atoms with Crippen LogP contribution in [0, 0.1) is 13.8 Å². The number of hydrogen-bond donors (Lipinski definition) is 2. The minimum Gasteiger partial charge on any atom is -0.493 e. The van der Waals surface area contributed by atoms with E-state index < -0.39 is 0 Å². The zero-order chi connectivity index (χ0) is 21.2. The van der Waals surface area contributed by atoms with Gasteiger partial charge in [-0.2, -0.15) is 0 Å². The van der Waals surface area contributed by atoms with Crippen LogP contribution in [0.2, 0.25) is 0 Å². The number of carbonyl (C=O) groups excluding carboxylic acids is 2. The van der Waals surface area contributed by atoms with Gasteiger partial charge in [-0.25, -0.2) is 0 Å². The van der Waals surface area contributed by atoms with Crippen LogP contribution >= 0.6 is 0 Å². The highest BCUT2D eigenvalue weighted by atomic mass is 16.5. The van der Waals surface area contributed by atoms with Gasteiger partial charge in [-0.05, 0) is 55.2 Å². The molecule has 2 N–H and O–H groups in total. The number of hydrogen-bond acceptors (Lipinski definition) is 4. The van der Waals surface area contributed by atoms with E-state index in [0.717, 1.165) is 28.8 Å². The van der Waals surface area contributed by atoms with Crippen LogP contribution in [0.1, 0.15) is 30.0 Å². The van der Waals surface area contributed by atoms with Gasteiger partial charge in [0.2, 0.25) is 11.8 Å². The molecule has 6 nitrogen and oxygen atoms in total. The summed E-state index contributed by atoms with van der Waals surface area (Å²) in [5.41, 5.74) is 3.52. The highest BCUT2D eigenvalue weighted by molar-refractivity contribution is 5.98. The molecule has 6 heteroatoms.